The van der Waals surface area contributed by atoms with E-state index in [2.05, 4.69) is 9.97 Å². The Morgan fingerprint density at radius 2 is 2.35 bits per heavy atom. The molecule has 0 radical (unpaired) electrons. The average molecular weight is 287 g/mol. The highest BCUT2D eigenvalue weighted by Gasteiger charge is 2.26. The quantitative estimate of drug-likeness (QED) is 0.853. The van der Waals surface area contributed by atoms with Crippen molar-refractivity contribution in [3.8, 4) is 0 Å². The summed E-state index contributed by atoms with van der Waals surface area (Å²) in [4.78, 5) is 23.8. The van der Waals surface area contributed by atoms with Crippen LogP contribution in [0.5, 0.6) is 0 Å². The van der Waals surface area contributed by atoms with Crippen LogP contribution < -0.4 is 0 Å². The monoisotopic (exact) mass is 287 g/mol. The van der Waals surface area contributed by atoms with Crippen LogP contribution in [-0.2, 0) is 0 Å². The molecule has 1 unspecified atom stereocenters. The fourth-order valence-corrected chi connectivity index (χ4v) is 3.35. The molecule has 0 aliphatic carbocycles. The first kappa shape index (κ1) is 13.2. The molecule has 1 aliphatic rings. The van der Waals surface area contributed by atoms with Crippen LogP contribution in [0.3, 0.4) is 0 Å². The minimum Gasteiger partial charge on any atom is -0.337 e. The molecule has 0 spiro atoms. The van der Waals surface area contributed by atoms with Crippen molar-refractivity contribution >= 4 is 17.2 Å². The molecule has 3 rings (SSSR count). The lowest BCUT2D eigenvalue weighted by Gasteiger charge is -2.32. The predicted molar refractivity (Wildman–Crippen MR) is 79.0 cm³/mol. The first-order valence-corrected chi connectivity index (χ1v) is 7.74. The maximum absolute atomic E-state index is 12.4. The van der Waals surface area contributed by atoms with Crippen LogP contribution in [0.2, 0.25) is 0 Å². The van der Waals surface area contributed by atoms with E-state index in [0.717, 1.165) is 42.3 Å². The fourth-order valence-electron chi connectivity index (χ4n) is 2.66. The number of piperidine rings is 1. The van der Waals surface area contributed by atoms with Gasteiger partial charge in [-0.15, -0.1) is 11.3 Å². The SMILES string of the molecule is Cc1nccc(C2CCCN(C(=O)c3cccs3)C2)n1. The van der Waals surface area contributed by atoms with Crippen molar-refractivity contribution in [1.29, 1.82) is 0 Å². The van der Waals surface area contributed by atoms with Crippen molar-refractivity contribution in [3.05, 3.63) is 46.2 Å². The van der Waals surface area contributed by atoms with Crippen LogP contribution in [-0.4, -0.2) is 33.9 Å². The van der Waals surface area contributed by atoms with Crippen molar-refractivity contribution in [3.63, 3.8) is 0 Å². The summed E-state index contributed by atoms with van der Waals surface area (Å²) in [6.45, 7) is 3.51. The van der Waals surface area contributed by atoms with E-state index < -0.39 is 0 Å². The van der Waals surface area contributed by atoms with Crippen molar-refractivity contribution in [1.82, 2.24) is 14.9 Å². The Labute approximate surface area is 122 Å². The first-order valence-electron chi connectivity index (χ1n) is 6.86. The number of aromatic nitrogens is 2. The molecule has 20 heavy (non-hydrogen) atoms. The van der Waals surface area contributed by atoms with Crippen LogP contribution >= 0.6 is 11.3 Å². The van der Waals surface area contributed by atoms with Crippen molar-refractivity contribution < 1.29 is 4.79 Å². The number of nitrogens with zero attached hydrogens (tertiary/aromatic N) is 3. The molecule has 1 atom stereocenters. The zero-order valence-electron chi connectivity index (χ0n) is 11.5. The van der Waals surface area contributed by atoms with Crippen molar-refractivity contribution in [2.45, 2.75) is 25.7 Å². The third-order valence-corrected chi connectivity index (χ3v) is 4.51. The summed E-state index contributed by atoms with van der Waals surface area (Å²) >= 11 is 1.51. The van der Waals surface area contributed by atoms with Gasteiger partial charge in [-0.3, -0.25) is 4.79 Å². The molecule has 3 heterocycles. The van der Waals surface area contributed by atoms with Gasteiger partial charge in [0.05, 0.1) is 4.88 Å². The zero-order chi connectivity index (χ0) is 13.9. The van der Waals surface area contributed by atoms with Gasteiger partial charge in [0.2, 0.25) is 0 Å². The third-order valence-electron chi connectivity index (χ3n) is 3.66. The van der Waals surface area contributed by atoms with Gasteiger partial charge in [0.15, 0.2) is 0 Å². The van der Waals surface area contributed by atoms with Gasteiger partial charge in [-0.05, 0) is 37.3 Å². The molecular formula is C15H17N3OS. The number of hydrogen-bond acceptors (Lipinski definition) is 4. The highest BCUT2D eigenvalue weighted by molar-refractivity contribution is 7.12. The van der Waals surface area contributed by atoms with Gasteiger partial charge in [0, 0.05) is 30.9 Å². The number of aryl methyl sites for hydroxylation is 1. The zero-order valence-corrected chi connectivity index (χ0v) is 12.3. The summed E-state index contributed by atoms with van der Waals surface area (Å²) in [5, 5.41) is 1.95. The number of likely N-dealkylation sites (tertiary alicyclic amines) is 1. The number of hydrogen-bond donors (Lipinski definition) is 0. The normalized spacial score (nSPS) is 19.1. The molecule has 1 amide bonds. The summed E-state index contributed by atoms with van der Waals surface area (Å²) in [5.41, 5.74) is 1.06. The smallest absolute Gasteiger partial charge is 0.263 e. The second-order valence-electron chi connectivity index (χ2n) is 5.10. The third kappa shape index (κ3) is 2.72. The molecule has 5 heteroatoms. The second kappa shape index (κ2) is 5.71. The minimum absolute atomic E-state index is 0.149. The average Bonchev–Trinajstić information content (AvgIpc) is 3.01. The molecule has 0 saturated carbocycles. The van der Waals surface area contributed by atoms with E-state index in [0.29, 0.717) is 5.92 Å². The molecule has 0 aromatic carbocycles. The minimum atomic E-state index is 0.149. The number of carbonyl (C=O) groups excluding carboxylic acids is 1. The Bertz CT molecular complexity index is 597. The summed E-state index contributed by atoms with van der Waals surface area (Å²) in [7, 11) is 0. The van der Waals surface area contributed by atoms with Crippen LogP contribution in [0.4, 0.5) is 0 Å². The van der Waals surface area contributed by atoms with Crippen LogP contribution in [0, 0.1) is 6.92 Å². The molecule has 4 nitrogen and oxygen atoms in total. The van der Waals surface area contributed by atoms with Crippen LogP contribution in [0.25, 0.3) is 0 Å². The Balaban J connectivity index is 1.75. The van der Waals surface area contributed by atoms with Crippen molar-refractivity contribution in [2.75, 3.05) is 13.1 Å². The van der Waals surface area contributed by atoms with E-state index in [4.69, 9.17) is 0 Å². The highest BCUT2D eigenvalue weighted by atomic mass is 32.1. The van der Waals surface area contributed by atoms with E-state index in [1.807, 2.05) is 35.4 Å². The van der Waals surface area contributed by atoms with Gasteiger partial charge in [-0.25, -0.2) is 9.97 Å². The summed E-state index contributed by atoms with van der Waals surface area (Å²) in [5.74, 6) is 1.27. The number of rotatable bonds is 2. The first-order chi connectivity index (χ1) is 9.74. The van der Waals surface area contributed by atoms with Gasteiger partial charge in [0.1, 0.15) is 5.82 Å². The molecule has 1 aliphatic heterocycles. The maximum atomic E-state index is 12.4. The lowest BCUT2D eigenvalue weighted by Crippen LogP contribution is -2.39. The number of amides is 1. The van der Waals surface area contributed by atoms with Gasteiger partial charge in [-0.2, -0.15) is 0 Å². The van der Waals surface area contributed by atoms with E-state index in [1.54, 1.807) is 6.20 Å². The van der Waals surface area contributed by atoms with Gasteiger partial charge < -0.3 is 4.90 Å². The van der Waals surface area contributed by atoms with E-state index in [-0.39, 0.29) is 5.91 Å². The number of thiophene rings is 1. The molecule has 2 aromatic rings. The summed E-state index contributed by atoms with van der Waals surface area (Å²) in [6, 6.07) is 5.79. The number of carbonyl (C=O) groups is 1. The summed E-state index contributed by atoms with van der Waals surface area (Å²) in [6.07, 6.45) is 3.92. The van der Waals surface area contributed by atoms with E-state index in [9.17, 15) is 4.79 Å². The van der Waals surface area contributed by atoms with Crippen LogP contribution in [0.1, 0.15) is 39.9 Å². The second-order valence-corrected chi connectivity index (χ2v) is 6.04. The lowest BCUT2D eigenvalue weighted by atomic mass is 9.94. The Hall–Kier alpha value is -1.75. The largest absolute Gasteiger partial charge is 0.337 e. The van der Waals surface area contributed by atoms with Gasteiger partial charge >= 0.3 is 0 Å². The standard InChI is InChI=1S/C15H17N3OS/c1-11-16-7-6-13(17-11)12-4-2-8-18(10-12)15(19)14-5-3-9-20-14/h3,5-7,9,12H,2,4,8,10H2,1H3. The Kier molecular flexibility index (Phi) is 3.78. The van der Waals surface area contributed by atoms with Crippen molar-refractivity contribution in [2.24, 2.45) is 0 Å². The molecule has 0 N–H and O–H groups in total. The Morgan fingerprint density at radius 3 is 3.10 bits per heavy atom. The highest BCUT2D eigenvalue weighted by Crippen LogP contribution is 2.27. The molecule has 1 saturated heterocycles. The molecule has 1 fully saturated rings. The van der Waals surface area contributed by atoms with E-state index in [1.165, 1.54) is 11.3 Å². The molecule has 2 aromatic heterocycles. The Morgan fingerprint density at radius 1 is 1.45 bits per heavy atom. The van der Waals surface area contributed by atoms with E-state index >= 15 is 0 Å². The fraction of sp³-hybridized carbons (Fsp3) is 0.400. The van der Waals surface area contributed by atoms with Crippen LogP contribution in [0.15, 0.2) is 29.8 Å². The summed E-state index contributed by atoms with van der Waals surface area (Å²) < 4.78 is 0. The molecule has 104 valence electrons. The maximum Gasteiger partial charge on any atom is 0.263 e. The predicted octanol–water partition coefficient (Wildman–Crippen LogP) is 2.87. The topological polar surface area (TPSA) is 46.1 Å². The van der Waals surface area contributed by atoms with Gasteiger partial charge in [-0.1, -0.05) is 6.07 Å². The van der Waals surface area contributed by atoms with Gasteiger partial charge in [0.25, 0.3) is 5.91 Å². The molecular weight excluding hydrogens is 270 g/mol. The molecule has 0 bridgehead atoms. The lowest BCUT2D eigenvalue weighted by molar-refractivity contribution is 0.0711.